The van der Waals surface area contributed by atoms with Gasteiger partial charge in [-0.25, -0.2) is 8.78 Å². The van der Waals surface area contributed by atoms with Crippen molar-refractivity contribution >= 4 is 10.8 Å². The summed E-state index contributed by atoms with van der Waals surface area (Å²) in [6, 6.07) is 11.1. The highest BCUT2D eigenvalue weighted by Gasteiger charge is 2.34. The van der Waals surface area contributed by atoms with Crippen LogP contribution in [0.4, 0.5) is 17.6 Å². The summed E-state index contributed by atoms with van der Waals surface area (Å²) < 4.78 is 65.1. The van der Waals surface area contributed by atoms with Crippen molar-refractivity contribution in [1.82, 2.24) is 0 Å². The molecule has 0 atom stereocenters. The molecule has 0 N–H and O–H groups in total. The molecule has 0 bridgehead atoms. The molecule has 0 unspecified atom stereocenters. The van der Waals surface area contributed by atoms with Crippen LogP contribution in [0.1, 0.15) is 12.5 Å². The minimum Gasteiger partial charge on any atom is -0.494 e. The molecule has 0 saturated heterocycles. The molecule has 2 nitrogen and oxygen atoms in total. The van der Waals surface area contributed by atoms with Gasteiger partial charge in [0.15, 0.2) is 11.6 Å². The molecule has 0 aliphatic heterocycles. The first-order valence-electron chi connectivity index (χ1n) is 7.58. The summed E-state index contributed by atoms with van der Waals surface area (Å²) in [5.41, 5.74) is -0.346. The van der Waals surface area contributed by atoms with E-state index in [4.69, 9.17) is 9.47 Å². The van der Waals surface area contributed by atoms with Gasteiger partial charge in [0, 0.05) is 0 Å². The average Bonchev–Trinajstić information content (AvgIpc) is 2.57. The molecule has 0 aromatic heterocycles. The fourth-order valence-corrected chi connectivity index (χ4v) is 2.40. The van der Waals surface area contributed by atoms with Crippen LogP contribution in [-0.2, 0) is 6.11 Å². The molecule has 0 spiro atoms. The normalized spacial score (nSPS) is 11.6. The van der Waals surface area contributed by atoms with Gasteiger partial charge in [0.25, 0.3) is 0 Å². The van der Waals surface area contributed by atoms with Crippen LogP contribution < -0.4 is 9.47 Å². The SMILES string of the molecule is CCOc1ccc(C(F)(F)Oc2ccc3cc(F)c(F)cc3c2)cc1. The van der Waals surface area contributed by atoms with Gasteiger partial charge >= 0.3 is 6.11 Å². The molecule has 0 fully saturated rings. The van der Waals surface area contributed by atoms with Crippen LogP contribution in [0, 0.1) is 11.6 Å². The van der Waals surface area contributed by atoms with Crippen LogP contribution in [0.15, 0.2) is 54.6 Å². The lowest BCUT2D eigenvalue weighted by atomic mass is 10.1. The van der Waals surface area contributed by atoms with E-state index in [9.17, 15) is 17.6 Å². The number of fused-ring (bicyclic) bond motifs is 1. The molecule has 0 amide bonds. The molecule has 0 saturated carbocycles. The number of hydrogen-bond acceptors (Lipinski definition) is 2. The second-order valence-corrected chi connectivity index (χ2v) is 5.35. The molecule has 25 heavy (non-hydrogen) atoms. The summed E-state index contributed by atoms with van der Waals surface area (Å²) in [6.45, 7) is 2.22. The summed E-state index contributed by atoms with van der Waals surface area (Å²) >= 11 is 0. The Balaban J connectivity index is 1.86. The van der Waals surface area contributed by atoms with Crippen LogP contribution >= 0.6 is 0 Å². The van der Waals surface area contributed by atoms with Crippen LogP contribution in [0.3, 0.4) is 0 Å². The molecule has 0 aliphatic carbocycles. The van der Waals surface area contributed by atoms with Gasteiger partial charge < -0.3 is 9.47 Å². The number of hydrogen-bond donors (Lipinski definition) is 0. The number of ether oxygens (including phenoxy) is 2. The Morgan fingerprint density at radius 1 is 0.800 bits per heavy atom. The highest BCUT2D eigenvalue weighted by molar-refractivity contribution is 5.84. The van der Waals surface area contributed by atoms with Gasteiger partial charge in [-0.3, -0.25) is 0 Å². The average molecular weight is 350 g/mol. The minimum absolute atomic E-state index is 0.155. The quantitative estimate of drug-likeness (QED) is 0.554. The van der Waals surface area contributed by atoms with E-state index in [1.807, 2.05) is 0 Å². The summed E-state index contributed by atoms with van der Waals surface area (Å²) in [7, 11) is 0. The number of alkyl halides is 2. The van der Waals surface area contributed by atoms with Crippen molar-refractivity contribution in [3.8, 4) is 11.5 Å². The van der Waals surface area contributed by atoms with Crippen LogP contribution in [0.2, 0.25) is 0 Å². The predicted molar refractivity (Wildman–Crippen MR) is 86.0 cm³/mol. The van der Waals surface area contributed by atoms with E-state index < -0.39 is 17.7 Å². The Kier molecular flexibility index (Phi) is 4.53. The van der Waals surface area contributed by atoms with Gasteiger partial charge in [-0.15, -0.1) is 0 Å². The first-order chi connectivity index (χ1) is 11.9. The van der Waals surface area contributed by atoms with E-state index >= 15 is 0 Å². The third-order valence-corrected chi connectivity index (χ3v) is 3.60. The van der Waals surface area contributed by atoms with Crippen molar-refractivity contribution in [3.63, 3.8) is 0 Å². The maximum atomic E-state index is 14.3. The molecule has 3 rings (SSSR count). The number of halogens is 4. The van der Waals surface area contributed by atoms with E-state index in [1.54, 1.807) is 6.92 Å². The molecular weight excluding hydrogens is 336 g/mol. The topological polar surface area (TPSA) is 18.5 Å². The summed E-state index contributed by atoms with van der Waals surface area (Å²) in [5, 5.41) is 0.648. The number of rotatable bonds is 5. The standard InChI is InChI=1S/C19H14F4O2/c1-2-24-15-7-4-14(5-8-15)19(22,23)25-16-6-3-12-10-17(20)18(21)11-13(12)9-16/h3-11H,2H2,1H3. The Bertz CT molecular complexity index is 892. The lowest BCUT2D eigenvalue weighted by Gasteiger charge is -2.19. The van der Waals surface area contributed by atoms with Crippen molar-refractivity contribution in [2.24, 2.45) is 0 Å². The van der Waals surface area contributed by atoms with E-state index in [0.29, 0.717) is 17.7 Å². The second kappa shape index (κ2) is 6.63. The summed E-state index contributed by atoms with van der Waals surface area (Å²) in [6.07, 6.45) is -3.59. The summed E-state index contributed by atoms with van der Waals surface area (Å²) in [5.74, 6) is -1.73. The van der Waals surface area contributed by atoms with Gasteiger partial charge in [0.1, 0.15) is 11.5 Å². The van der Waals surface area contributed by atoms with Crippen molar-refractivity contribution in [2.45, 2.75) is 13.0 Å². The van der Waals surface area contributed by atoms with E-state index in [2.05, 4.69) is 0 Å². The van der Waals surface area contributed by atoms with Gasteiger partial charge in [-0.1, -0.05) is 6.07 Å². The first kappa shape index (κ1) is 17.1. The Morgan fingerprint density at radius 2 is 1.40 bits per heavy atom. The van der Waals surface area contributed by atoms with Gasteiger partial charge in [0.05, 0.1) is 12.2 Å². The molecule has 3 aromatic rings. The molecular formula is C19H14F4O2. The van der Waals surface area contributed by atoms with Crippen molar-refractivity contribution < 1.29 is 27.0 Å². The van der Waals surface area contributed by atoms with Crippen LogP contribution in [0.5, 0.6) is 11.5 Å². The molecule has 0 radical (unpaired) electrons. The third kappa shape index (κ3) is 3.68. The fourth-order valence-electron chi connectivity index (χ4n) is 2.40. The molecule has 3 aromatic carbocycles. The molecule has 6 heteroatoms. The maximum Gasteiger partial charge on any atom is 0.426 e. The van der Waals surface area contributed by atoms with Gasteiger partial charge in [-0.2, -0.15) is 8.78 Å². The van der Waals surface area contributed by atoms with Crippen LogP contribution in [0.25, 0.3) is 10.8 Å². The highest BCUT2D eigenvalue weighted by Crippen LogP contribution is 2.34. The summed E-state index contributed by atoms with van der Waals surface area (Å²) in [4.78, 5) is 0. The molecule has 0 aliphatic rings. The van der Waals surface area contributed by atoms with Crippen molar-refractivity contribution in [2.75, 3.05) is 6.61 Å². The first-order valence-corrected chi connectivity index (χ1v) is 7.58. The fraction of sp³-hybridized carbons (Fsp3) is 0.158. The zero-order valence-corrected chi connectivity index (χ0v) is 13.2. The monoisotopic (exact) mass is 350 g/mol. The predicted octanol–water partition coefficient (Wildman–Crippen LogP) is 5.65. The smallest absolute Gasteiger partial charge is 0.426 e. The largest absolute Gasteiger partial charge is 0.494 e. The molecule has 0 heterocycles. The lowest BCUT2D eigenvalue weighted by Crippen LogP contribution is -2.21. The lowest BCUT2D eigenvalue weighted by molar-refractivity contribution is -0.185. The van der Waals surface area contributed by atoms with Crippen molar-refractivity contribution in [1.29, 1.82) is 0 Å². The molecule has 130 valence electrons. The zero-order chi connectivity index (χ0) is 18.0. The minimum atomic E-state index is -3.59. The van der Waals surface area contributed by atoms with Gasteiger partial charge in [0.2, 0.25) is 0 Å². The zero-order valence-electron chi connectivity index (χ0n) is 13.2. The maximum absolute atomic E-state index is 14.3. The number of benzene rings is 3. The highest BCUT2D eigenvalue weighted by atomic mass is 19.3. The van der Waals surface area contributed by atoms with Crippen LogP contribution in [-0.4, -0.2) is 6.61 Å². The van der Waals surface area contributed by atoms with E-state index in [0.717, 1.165) is 12.1 Å². The Morgan fingerprint density at radius 3 is 2.04 bits per heavy atom. The Hall–Kier alpha value is -2.76. The Labute approximate surface area is 141 Å². The third-order valence-electron chi connectivity index (χ3n) is 3.60. The van der Waals surface area contributed by atoms with E-state index in [1.165, 1.54) is 42.5 Å². The van der Waals surface area contributed by atoms with Gasteiger partial charge in [-0.05, 0) is 66.2 Å². The van der Waals surface area contributed by atoms with E-state index in [-0.39, 0.29) is 16.7 Å². The van der Waals surface area contributed by atoms with Crippen molar-refractivity contribution in [3.05, 3.63) is 71.8 Å². The second-order valence-electron chi connectivity index (χ2n) is 5.35.